The topological polar surface area (TPSA) is 88.2 Å². The van der Waals surface area contributed by atoms with Gasteiger partial charge in [-0.15, -0.1) is 15.0 Å². The number of hydrogen-bond donors (Lipinski definition) is 2. The molecule has 158 valence electrons. The minimum absolute atomic E-state index is 0.00583. The van der Waals surface area contributed by atoms with Crippen molar-refractivity contribution in [3.05, 3.63) is 83.2 Å². The number of aryl methyl sites for hydroxylation is 1. The van der Waals surface area contributed by atoms with Crippen LogP contribution in [0.4, 0.5) is 4.39 Å². The number of rotatable bonds is 6. The first-order valence-corrected chi connectivity index (χ1v) is 9.92. The minimum Gasteiger partial charge on any atom is -0.505 e. The van der Waals surface area contributed by atoms with E-state index in [4.69, 9.17) is 5.11 Å². The van der Waals surface area contributed by atoms with Crippen LogP contribution in [0.2, 0.25) is 0 Å². The third-order valence-electron chi connectivity index (χ3n) is 5.50. The molecule has 0 bridgehead atoms. The summed E-state index contributed by atoms with van der Waals surface area (Å²) in [6, 6.07) is 17.3. The van der Waals surface area contributed by atoms with Gasteiger partial charge in [0.25, 0.3) is 0 Å². The molecule has 0 saturated carbocycles. The maximum atomic E-state index is 13.6. The van der Waals surface area contributed by atoms with Gasteiger partial charge in [-0.25, -0.2) is 4.39 Å². The summed E-state index contributed by atoms with van der Waals surface area (Å²) in [6.45, 7) is 3.98. The molecule has 3 aromatic carbocycles. The summed E-state index contributed by atoms with van der Waals surface area (Å²) in [5, 5.41) is 29.1. The molecule has 7 heteroatoms. The number of halogens is 1. The second kappa shape index (κ2) is 7.83. The first kappa shape index (κ1) is 20.5. The molecule has 0 aliphatic heterocycles. The van der Waals surface area contributed by atoms with Crippen molar-refractivity contribution in [1.82, 2.24) is 15.0 Å². The van der Waals surface area contributed by atoms with E-state index in [1.165, 1.54) is 23.0 Å². The largest absolute Gasteiger partial charge is 0.505 e. The molecule has 0 amide bonds. The fraction of sp³-hybridized carbons (Fsp3) is 0.208. The molecule has 0 fully saturated rings. The highest BCUT2D eigenvalue weighted by Crippen LogP contribution is 2.40. The quantitative estimate of drug-likeness (QED) is 0.477. The van der Waals surface area contributed by atoms with E-state index in [1.54, 1.807) is 6.07 Å². The van der Waals surface area contributed by atoms with Gasteiger partial charge < -0.3 is 10.2 Å². The molecule has 0 aliphatic carbocycles. The maximum absolute atomic E-state index is 13.6. The van der Waals surface area contributed by atoms with E-state index in [9.17, 15) is 14.3 Å². The highest BCUT2D eigenvalue weighted by molar-refractivity contribution is 5.74. The van der Waals surface area contributed by atoms with E-state index >= 15 is 0 Å². The van der Waals surface area contributed by atoms with Gasteiger partial charge in [-0.05, 0) is 35.7 Å². The van der Waals surface area contributed by atoms with Crippen molar-refractivity contribution in [3.8, 4) is 11.4 Å². The SMILES string of the molecule is CC(C)(c1ccccc1)c1cc(CCC(=O)O)cc(-n2nc3ccc(F)cc3n2)c1O. The molecular weight excluding hydrogens is 397 g/mol. The Morgan fingerprint density at radius 1 is 1.03 bits per heavy atom. The van der Waals surface area contributed by atoms with Gasteiger partial charge in [-0.2, -0.15) is 0 Å². The number of aromatic nitrogens is 3. The summed E-state index contributed by atoms with van der Waals surface area (Å²) >= 11 is 0. The summed E-state index contributed by atoms with van der Waals surface area (Å²) < 4.78 is 13.6. The van der Waals surface area contributed by atoms with Crippen LogP contribution < -0.4 is 0 Å². The second-order valence-corrected chi connectivity index (χ2v) is 8.02. The lowest BCUT2D eigenvalue weighted by atomic mass is 9.76. The monoisotopic (exact) mass is 419 g/mol. The lowest BCUT2D eigenvalue weighted by molar-refractivity contribution is -0.136. The number of aromatic hydroxyl groups is 1. The lowest BCUT2D eigenvalue weighted by Gasteiger charge is -2.28. The van der Waals surface area contributed by atoms with Gasteiger partial charge in [0, 0.05) is 23.5 Å². The Hall–Kier alpha value is -3.74. The van der Waals surface area contributed by atoms with E-state index in [-0.39, 0.29) is 18.6 Å². The second-order valence-electron chi connectivity index (χ2n) is 8.02. The van der Waals surface area contributed by atoms with Gasteiger partial charge in [0.2, 0.25) is 0 Å². The fourth-order valence-electron chi connectivity index (χ4n) is 3.71. The van der Waals surface area contributed by atoms with Crippen LogP contribution in [0.25, 0.3) is 16.7 Å². The minimum atomic E-state index is -0.906. The summed E-state index contributed by atoms with van der Waals surface area (Å²) in [5.41, 5.74) is 2.95. The van der Waals surface area contributed by atoms with Crippen molar-refractivity contribution in [1.29, 1.82) is 0 Å². The molecular formula is C24H22FN3O3. The van der Waals surface area contributed by atoms with Gasteiger partial charge in [0.05, 0.1) is 0 Å². The Morgan fingerprint density at radius 2 is 1.74 bits per heavy atom. The molecule has 6 nitrogen and oxygen atoms in total. The van der Waals surface area contributed by atoms with Gasteiger partial charge in [-0.1, -0.05) is 50.2 Å². The number of hydrogen-bond acceptors (Lipinski definition) is 4. The third kappa shape index (κ3) is 3.99. The zero-order valence-electron chi connectivity index (χ0n) is 17.2. The third-order valence-corrected chi connectivity index (χ3v) is 5.50. The lowest BCUT2D eigenvalue weighted by Crippen LogP contribution is -2.20. The molecule has 4 aromatic rings. The molecule has 4 rings (SSSR count). The zero-order valence-corrected chi connectivity index (χ0v) is 17.2. The summed E-state index contributed by atoms with van der Waals surface area (Å²) in [5.74, 6) is -1.34. The number of nitrogens with zero attached hydrogens (tertiary/aromatic N) is 3. The van der Waals surface area contributed by atoms with Crippen LogP contribution in [-0.2, 0) is 16.6 Å². The average Bonchev–Trinajstić information content (AvgIpc) is 3.16. The molecule has 1 heterocycles. The number of carboxylic acids is 1. The average molecular weight is 419 g/mol. The van der Waals surface area contributed by atoms with Crippen LogP contribution in [0.3, 0.4) is 0 Å². The Balaban J connectivity index is 1.90. The normalized spacial score (nSPS) is 11.7. The van der Waals surface area contributed by atoms with Gasteiger partial charge in [0.15, 0.2) is 0 Å². The number of phenols is 1. The van der Waals surface area contributed by atoms with E-state index in [1.807, 2.05) is 50.2 Å². The van der Waals surface area contributed by atoms with E-state index in [2.05, 4.69) is 10.2 Å². The predicted molar refractivity (Wildman–Crippen MR) is 115 cm³/mol. The zero-order chi connectivity index (χ0) is 22.2. The molecule has 0 saturated heterocycles. The number of phenolic OH excluding ortho intramolecular Hbond substituents is 1. The smallest absolute Gasteiger partial charge is 0.303 e. The molecule has 0 radical (unpaired) electrons. The Bertz CT molecular complexity index is 1270. The molecule has 0 aliphatic rings. The molecule has 0 unspecified atom stereocenters. The van der Waals surface area contributed by atoms with Crippen LogP contribution in [0.1, 0.15) is 37.0 Å². The number of aliphatic carboxylic acids is 1. The van der Waals surface area contributed by atoms with E-state index < -0.39 is 17.2 Å². The van der Waals surface area contributed by atoms with Crippen molar-refractivity contribution in [2.75, 3.05) is 0 Å². The summed E-state index contributed by atoms with van der Waals surface area (Å²) in [6.07, 6.45) is 0.241. The van der Waals surface area contributed by atoms with Crippen molar-refractivity contribution < 1.29 is 19.4 Å². The van der Waals surface area contributed by atoms with Crippen LogP contribution >= 0.6 is 0 Å². The highest BCUT2D eigenvalue weighted by atomic mass is 19.1. The maximum Gasteiger partial charge on any atom is 0.303 e. The highest BCUT2D eigenvalue weighted by Gasteiger charge is 2.29. The Kier molecular flexibility index (Phi) is 5.19. The van der Waals surface area contributed by atoms with E-state index in [0.717, 1.165) is 11.1 Å². The number of carboxylic acid groups (broad SMARTS) is 1. The van der Waals surface area contributed by atoms with Crippen molar-refractivity contribution in [3.63, 3.8) is 0 Å². The summed E-state index contributed by atoms with van der Waals surface area (Å²) in [4.78, 5) is 12.4. The summed E-state index contributed by atoms with van der Waals surface area (Å²) in [7, 11) is 0. The fourth-order valence-corrected chi connectivity index (χ4v) is 3.71. The molecule has 2 N–H and O–H groups in total. The number of carbonyl (C=O) groups is 1. The van der Waals surface area contributed by atoms with Gasteiger partial charge >= 0.3 is 5.97 Å². The van der Waals surface area contributed by atoms with Crippen molar-refractivity contribution in [2.45, 2.75) is 32.1 Å². The van der Waals surface area contributed by atoms with Crippen LogP contribution in [0.5, 0.6) is 5.75 Å². The first-order valence-electron chi connectivity index (χ1n) is 9.92. The van der Waals surface area contributed by atoms with Crippen molar-refractivity contribution >= 4 is 17.0 Å². The molecule has 31 heavy (non-hydrogen) atoms. The Labute approximate surface area is 178 Å². The number of benzene rings is 3. The molecule has 1 aromatic heterocycles. The van der Waals surface area contributed by atoms with E-state index in [0.29, 0.717) is 22.3 Å². The predicted octanol–water partition coefficient (Wildman–Crippen LogP) is 4.61. The van der Waals surface area contributed by atoms with Crippen LogP contribution in [0, 0.1) is 5.82 Å². The van der Waals surface area contributed by atoms with Gasteiger partial charge in [0.1, 0.15) is 28.3 Å². The standard InChI is InChI=1S/C24H22FN3O3/c1-24(2,16-6-4-3-5-7-16)18-12-15(8-11-22(29)30)13-21(23(18)31)28-26-19-10-9-17(25)14-20(19)27-28/h3-7,9-10,12-14,31H,8,11H2,1-2H3,(H,29,30). The number of fused-ring (bicyclic) bond motifs is 1. The van der Waals surface area contributed by atoms with Crippen molar-refractivity contribution in [2.24, 2.45) is 0 Å². The Morgan fingerprint density at radius 3 is 2.45 bits per heavy atom. The molecule has 0 atom stereocenters. The van der Waals surface area contributed by atoms with Crippen LogP contribution in [-0.4, -0.2) is 31.2 Å². The molecule has 0 spiro atoms. The first-order chi connectivity index (χ1) is 14.8. The van der Waals surface area contributed by atoms with Crippen LogP contribution in [0.15, 0.2) is 60.7 Å². The van der Waals surface area contributed by atoms with Gasteiger partial charge in [-0.3, -0.25) is 4.79 Å².